The Morgan fingerprint density at radius 2 is 2.09 bits per heavy atom. The molecule has 1 atom stereocenters. The Balaban J connectivity index is 1.55. The van der Waals surface area contributed by atoms with Gasteiger partial charge in [0.2, 0.25) is 0 Å². The van der Waals surface area contributed by atoms with Crippen molar-refractivity contribution in [3.8, 4) is 17.0 Å². The average Bonchev–Trinajstić information content (AvgIpc) is 3.44. The summed E-state index contributed by atoms with van der Waals surface area (Å²) in [5.41, 5.74) is 3.55. The number of halogens is 2. The summed E-state index contributed by atoms with van der Waals surface area (Å²) in [7, 11) is 0. The summed E-state index contributed by atoms with van der Waals surface area (Å²) < 4.78 is 11.7. The van der Waals surface area contributed by atoms with Crippen LogP contribution >= 0.6 is 34.5 Å². The molecule has 2 heterocycles. The van der Waals surface area contributed by atoms with E-state index in [2.05, 4.69) is 0 Å². The van der Waals surface area contributed by atoms with E-state index >= 15 is 0 Å². The van der Waals surface area contributed by atoms with Crippen LogP contribution in [0.2, 0.25) is 10.0 Å². The number of aromatic nitrogens is 1. The third-order valence-corrected chi connectivity index (χ3v) is 6.75. The van der Waals surface area contributed by atoms with E-state index in [0.717, 1.165) is 36.1 Å². The molecule has 1 amide bonds. The predicted molar refractivity (Wildman–Crippen MR) is 130 cm³/mol. The molecule has 1 saturated heterocycles. The zero-order chi connectivity index (χ0) is 22.7. The maximum Gasteiger partial charge on any atom is 0.266 e. The number of benzene rings is 2. The number of ether oxygens (including phenoxy) is 2. The SMILES string of the molecule is Cc1ccc(C)c(OCC(=O)N(CC2CCCO2)c2nc(-c3ccc(Cl)cc3Cl)cs2)c1. The molecule has 32 heavy (non-hydrogen) atoms. The Labute approximate surface area is 201 Å². The minimum absolute atomic E-state index is 0.00822. The van der Waals surface area contributed by atoms with Crippen LogP contribution in [-0.4, -0.2) is 36.8 Å². The van der Waals surface area contributed by atoms with Crippen molar-refractivity contribution in [2.45, 2.75) is 32.8 Å². The Morgan fingerprint density at radius 1 is 1.25 bits per heavy atom. The fourth-order valence-corrected chi connectivity index (χ4v) is 4.92. The van der Waals surface area contributed by atoms with Gasteiger partial charge in [-0.3, -0.25) is 9.69 Å². The zero-order valence-corrected chi connectivity index (χ0v) is 20.3. The van der Waals surface area contributed by atoms with Gasteiger partial charge in [-0.15, -0.1) is 11.3 Å². The number of hydrogen-bond acceptors (Lipinski definition) is 5. The Morgan fingerprint density at radius 3 is 2.84 bits per heavy atom. The highest BCUT2D eigenvalue weighted by atomic mass is 35.5. The van der Waals surface area contributed by atoms with Crippen molar-refractivity contribution in [3.63, 3.8) is 0 Å². The summed E-state index contributed by atoms with van der Waals surface area (Å²) in [5.74, 6) is 0.549. The fraction of sp³-hybridized carbons (Fsp3) is 0.333. The lowest BCUT2D eigenvalue weighted by atomic mass is 10.1. The van der Waals surface area contributed by atoms with Crippen LogP contribution in [0.1, 0.15) is 24.0 Å². The molecule has 5 nitrogen and oxygen atoms in total. The summed E-state index contributed by atoms with van der Waals surface area (Å²) in [6.07, 6.45) is 1.91. The molecule has 4 rings (SSSR count). The molecule has 8 heteroatoms. The Bertz CT molecular complexity index is 1110. The van der Waals surface area contributed by atoms with Crippen LogP contribution in [0.5, 0.6) is 5.75 Å². The van der Waals surface area contributed by atoms with E-state index in [1.807, 2.05) is 43.5 Å². The number of carbonyl (C=O) groups excluding carboxylic acids is 1. The van der Waals surface area contributed by atoms with Crippen molar-refractivity contribution in [3.05, 3.63) is 63.0 Å². The molecule has 0 N–H and O–H groups in total. The van der Waals surface area contributed by atoms with Crippen LogP contribution in [0, 0.1) is 13.8 Å². The molecule has 3 aromatic rings. The van der Waals surface area contributed by atoms with E-state index in [-0.39, 0.29) is 18.6 Å². The maximum absolute atomic E-state index is 13.2. The van der Waals surface area contributed by atoms with Crippen molar-refractivity contribution in [2.75, 3.05) is 24.7 Å². The second kappa shape index (κ2) is 10.2. The van der Waals surface area contributed by atoms with Gasteiger partial charge in [-0.05, 0) is 62.1 Å². The molecule has 0 saturated carbocycles. The number of aryl methyl sites for hydroxylation is 2. The van der Waals surface area contributed by atoms with Crippen molar-refractivity contribution in [1.82, 2.24) is 4.98 Å². The maximum atomic E-state index is 13.2. The predicted octanol–water partition coefficient (Wildman–Crippen LogP) is 6.32. The Kier molecular flexibility index (Phi) is 7.36. The number of anilines is 1. The first kappa shape index (κ1) is 23.1. The minimum atomic E-state index is -0.162. The largest absolute Gasteiger partial charge is 0.483 e. The number of carbonyl (C=O) groups is 1. The minimum Gasteiger partial charge on any atom is -0.483 e. The van der Waals surface area contributed by atoms with Crippen molar-refractivity contribution in [2.24, 2.45) is 0 Å². The molecule has 2 aromatic carbocycles. The van der Waals surface area contributed by atoms with E-state index in [4.69, 9.17) is 37.7 Å². The van der Waals surface area contributed by atoms with Gasteiger partial charge < -0.3 is 9.47 Å². The highest BCUT2D eigenvalue weighted by molar-refractivity contribution is 7.14. The summed E-state index contributed by atoms with van der Waals surface area (Å²) in [5, 5.41) is 3.57. The number of hydrogen-bond donors (Lipinski definition) is 0. The van der Waals surface area contributed by atoms with Gasteiger partial charge in [0.15, 0.2) is 11.7 Å². The molecule has 1 unspecified atom stereocenters. The van der Waals surface area contributed by atoms with Gasteiger partial charge in [-0.1, -0.05) is 35.3 Å². The monoisotopic (exact) mass is 490 g/mol. The quantitative estimate of drug-likeness (QED) is 0.388. The van der Waals surface area contributed by atoms with Gasteiger partial charge >= 0.3 is 0 Å². The first-order chi connectivity index (χ1) is 15.4. The molecule has 0 bridgehead atoms. The second-order valence-electron chi connectivity index (χ2n) is 7.84. The standard InChI is InChI=1S/C24H24Cl2N2O3S/c1-15-5-6-16(2)22(10-15)31-13-23(29)28(12-18-4-3-9-30-18)24-27-21(14-32-24)19-8-7-17(25)11-20(19)26/h5-8,10-11,14,18H,3-4,9,12-13H2,1-2H3. The van der Waals surface area contributed by atoms with E-state index < -0.39 is 0 Å². The Hall–Kier alpha value is -2.12. The number of rotatable bonds is 7. The van der Waals surface area contributed by atoms with Crippen molar-refractivity contribution < 1.29 is 14.3 Å². The molecule has 0 spiro atoms. The lowest BCUT2D eigenvalue weighted by Gasteiger charge is -2.23. The van der Waals surface area contributed by atoms with Crippen LogP contribution < -0.4 is 9.64 Å². The second-order valence-corrected chi connectivity index (χ2v) is 9.52. The first-order valence-electron chi connectivity index (χ1n) is 10.4. The van der Waals surface area contributed by atoms with Crippen LogP contribution in [0.25, 0.3) is 11.3 Å². The van der Waals surface area contributed by atoms with E-state index in [9.17, 15) is 4.79 Å². The van der Waals surface area contributed by atoms with Crippen LogP contribution in [0.3, 0.4) is 0 Å². The third kappa shape index (κ3) is 5.44. The zero-order valence-electron chi connectivity index (χ0n) is 17.9. The van der Waals surface area contributed by atoms with Gasteiger partial charge in [0.25, 0.3) is 5.91 Å². The molecule has 1 aliphatic rings. The van der Waals surface area contributed by atoms with Crippen molar-refractivity contribution in [1.29, 1.82) is 0 Å². The van der Waals surface area contributed by atoms with Gasteiger partial charge in [0.1, 0.15) is 5.75 Å². The summed E-state index contributed by atoms with van der Waals surface area (Å²) >= 11 is 13.8. The summed E-state index contributed by atoms with van der Waals surface area (Å²) in [6, 6.07) is 11.2. The van der Waals surface area contributed by atoms with E-state index in [1.165, 1.54) is 11.3 Å². The topological polar surface area (TPSA) is 51.7 Å². The molecular weight excluding hydrogens is 467 g/mol. The molecular formula is C24H24Cl2N2O3S. The van der Waals surface area contributed by atoms with Gasteiger partial charge in [0, 0.05) is 22.6 Å². The van der Waals surface area contributed by atoms with Gasteiger partial charge in [-0.2, -0.15) is 0 Å². The lowest BCUT2D eigenvalue weighted by Crippen LogP contribution is -2.40. The third-order valence-electron chi connectivity index (χ3n) is 5.34. The summed E-state index contributed by atoms with van der Waals surface area (Å²) in [6.45, 7) is 5.04. The normalized spacial score (nSPS) is 15.7. The molecule has 168 valence electrons. The van der Waals surface area contributed by atoms with Crippen molar-refractivity contribution >= 4 is 45.6 Å². The van der Waals surface area contributed by atoms with Gasteiger partial charge in [-0.25, -0.2) is 4.98 Å². The molecule has 1 aliphatic heterocycles. The van der Waals surface area contributed by atoms with Gasteiger partial charge in [0.05, 0.1) is 23.4 Å². The molecule has 0 aliphatic carbocycles. The first-order valence-corrected chi connectivity index (χ1v) is 12.1. The van der Waals surface area contributed by atoms with E-state index in [0.29, 0.717) is 33.2 Å². The smallest absolute Gasteiger partial charge is 0.266 e. The molecule has 0 radical (unpaired) electrons. The van der Waals surface area contributed by atoms with Crippen LogP contribution in [0.4, 0.5) is 5.13 Å². The highest BCUT2D eigenvalue weighted by Gasteiger charge is 2.26. The van der Waals surface area contributed by atoms with Crippen LogP contribution in [-0.2, 0) is 9.53 Å². The number of thiazole rings is 1. The highest BCUT2D eigenvalue weighted by Crippen LogP contribution is 2.34. The fourth-order valence-electron chi connectivity index (χ4n) is 3.57. The number of amides is 1. The molecule has 1 aromatic heterocycles. The van der Waals surface area contributed by atoms with Crippen LogP contribution in [0.15, 0.2) is 41.8 Å². The lowest BCUT2D eigenvalue weighted by molar-refractivity contribution is -0.120. The van der Waals surface area contributed by atoms with E-state index in [1.54, 1.807) is 17.0 Å². The average molecular weight is 491 g/mol. The molecule has 1 fully saturated rings. The summed E-state index contributed by atoms with van der Waals surface area (Å²) in [4.78, 5) is 19.6. The number of nitrogens with zero attached hydrogens (tertiary/aromatic N) is 2.